The molecule has 98 valence electrons. The fourth-order valence-electron chi connectivity index (χ4n) is 1.60. The van der Waals surface area contributed by atoms with Crippen LogP contribution in [0.15, 0.2) is 6.07 Å². The zero-order chi connectivity index (χ0) is 13.0. The van der Waals surface area contributed by atoms with Crippen LogP contribution in [0.25, 0.3) is 10.2 Å². The molecular formula is C12H17N3O2S. The molecule has 0 saturated carbocycles. The summed E-state index contributed by atoms with van der Waals surface area (Å²) in [6.45, 7) is 5.39. The molecule has 0 aliphatic carbocycles. The normalized spacial score (nSPS) is 10.8. The first-order valence-electron chi connectivity index (χ1n) is 6.00. The number of ether oxygens (including phenoxy) is 1. The Kier molecular flexibility index (Phi) is 4.33. The third-order valence-electron chi connectivity index (χ3n) is 2.36. The highest BCUT2D eigenvalue weighted by molar-refractivity contribution is 7.18. The van der Waals surface area contributed by atoms with Gasteiger partial charge in [0.15, 0.2) is 0 Å². The van der Waals surface area contributed by atoms with Crippen LogP contribution in [0.1, 0.15) is 18.2 Å². The van der Waals surface area contributed by atoms with E-state index >= 15 is 0 Å². The molecule has 2 aromatic rings. The third kappa shape index (κ3) is 2.88. The van der Waals surface area contributed by atoms with Gasteiger partial charge in [-0.1, -0.05) is 0 Å². The van der Waals surface area contributed by atoms with Gasteiger partial charge >= 0.3 is 0 Å². The van der Waals surface area contributed by atoms with Crippen molar-refractivity contribution in [2.75, 3.05) is 25.1 Å². The molecule has 0 amide bonds. The molecular weight excluding hydrogens is 250 g/mol. The van der Waals surface area contributed by atoms with Crippen LogP contribution < -0.4 is 10.1 Å². The van der Waals surface area contributed by atoms with E-state index in [1.165, 1.54) is 4.88 Å². The molecule has 0 aliphatic rings. The summed E-state index contributed by atoms with van der Waals surface area (Å²) >= 11 is 1.63. The first kappa shape index (κ1) is 13.0. The monoisotopic (exact) mass is 267 g/mol. The van der Waals surface area contributed by atoms with Gasteiger partial charge in [-0.3, -0.25) is 0 Å². The van der Waals surface area contributed by atoms with Crippen molar-refractivity contribution in [3.63, 3.8) is 0 Å². The maximum atomic E-state index is 8.78. The number of aliphatic hydroxyl groups is 1. The summed E-state index contributed by atoms with van der Waals surface area (Å²) in [6, 6.07) is 2.03. The number of thiophene rings is 1. The fourth-order valence-corrected chi connectivity index (χ4v) is 2.47. The van der Waals surface area contributed by atoms with Crippen LogP contribution in [0.3, 0.4) is 0 Å². The van der Waals surface area contributed by atoms with Crippen LogP contribution in [0.2, 0.25) is 0 Å². The first-order chi connectivity index (χ1) is 8.74. The number of aliphatic hydroxyl groups excluding tert-OH is 1. The minimum absolute atomic E-state index is 0.122. The predicted octanol–water partition coefficient (Wildman–Crippen LogP) is 2.19. The van der Waals surface area contributed by atoms with Crippen molar-refractivity contribution in [1.82, 2.24) is 9.97 Å². The van der Waals surface area contributed by atoms with Gasteiger partial charge in [0, 0.05) is 24.4 Å². The SMILES string of the molecule is CCNc1nc(OCCCO)c2cc(C)sc2n1. The van der Waals surface area contributed by atoms with Crippen LogP contribution in [-0.2, 0) is 0 Å². The van der Waals surface area contributed by atoms with E-state index in [1.807, 2.05) is 19.9 Å². The van der Waals surface area contributed by atoms with Crippen molar-refractivity contribution in [1.29, 1.82) is 0 Å². The van der Waals surface area contributed by atoms with Gasteiger partial charge in [-0.05, 0) is 19.9 Å². The molecule has 5 nitrogen and oxygen atoms in total. The molecule has 0 bridgehead atoms. The van der Waals surface area contributed by atoms with Crippen molar-refractivity contribution in [3.05, 3.63) is 10.9 Å². The van der Waals surface area contributed by atoms with E-state index in [-0.39, 0.29) is 6.61 Å². The number of fused-ring (bicyclic) bond motifs is 1. The van der Waals surface area contributed by atoms with Crippen molar-refractivity contribution in [3.8, 4) is 5.88 Å². The number of nitrogens with zero attached hydrogens (tertiary/aromatic N) is 2. The average molecular weight is 267 g/mol. The summed E-state index contributed by atoms with van der Waals surface area (Å²) in [6.07, 6.45) is 0.602. The molecule has 2 rings (SSSR count). The summed E-state index contributed by atoms with van der Waals surface area (Å²) in [5.74, 6) is 1.18. The number of nitrogens with one attached hydrogen (secondary N) is 1. The minimum atomic E-state index is 0.122. The molecule has 0 unspecified atom stereocenters. The molecule has 0 aliphatic heterocycles. The van der Waals surface area contributed by atoms with Crippen molar-refractivity contribution in [2.45, 2.75) is 20.3 Å². The number of hydrogen-bond donors (Lipinski definition) is 2. The molecule has 2 heterocycles. The van der Waals surface area contributed by atoms with E-state index < -0.39 is 0 Å². The first-order valence-corrected chi connectivity index (χ1v) is 6.82. The highest BCUT2D eigenvalue weighted by Gasteiger charge is 2.11. The molecule has 0 atom stereocenters. The summed E-state index contributed by atoms with van der Waals surface area (Å²) in [5.41, 5.74) is 0. The Labute approximate surface area is 110 Å². The lowest BCUT2D eigenvalue weighted by molar-refractivity contribution is 0.231. The van der Waals surface area contributed by atoms with Crippen LogP contribution >= 0.6 is 11.3 Å². The van der Waals surface area contributed by atoms with Crippen molar-refractivity contribution in [2.24, 2.45) is 0 Å². The van der Waals surface area contributed by atoms with Gasteiger partial charge in [0.1, 0.15) is 4.83 Å². The third-order valence-corrected chi connectivity index (χ3v) is 3.30. The summed E-state index contributed by atoms with van der Waals surface area (Å²) in [7, 11) is 0. The Morgan fingerprint density at radius 2 is 2.28 bits per heavy atom. The fraction of sp³-hybridized carbons (Fsp3) is 0.500. The second-order valence-corrected chi connectivity index (χ2v) is 5.12. The molecule has 0 saturated heterocycles. The standard InChI is InChI=1S/C12H17N3O2S/c1-3-13-12-14-10(17-6-4-5-16)9-7-8(2)18-11(9)15-12/h7,16H,3-6H2,1-2H3,(H,13,14,15). The Bertz CT molecular complexity index is 527. The van der Waals surface area contributed by atoms with E-state index in [0.29, 0.717) is 24.9 Å². The van der Waals surface area contributed by atoms with E-state index in [1.54, 1.807) is 11.3 Å². The number of hydrogen-bond acceptors (Lipinski definition) is 6. The lowest BCUT2D eigenvalue weighted by Crippen LogP contribution is -2.06. The summed E-state index contributed by atoms with van der Waals surface area (Å²) < 4.78 is 5.62. The highest BCUT2D eigenvalue weighted by atomic mass is 32.1. The van der Waals surface area contributed by atoms with Gasteiger partial charge in [-0.25, -0.2) is 4.98 Å². The Morgan fingerprint density at radius 3 is 3.00 bits per heavy atom. The summed E-state index contributed by atoms with van der Waals surface area (Å²) in [5, 5.41) is 12.8. The van der Waals surface area contributed by atoms with Crippen molar-refractivity contribution < 1.29 is 9.84 Å². The number of aromatic nitrogens is 2. The Hall–Kier alpha value is -1.40. The number of rotatable bonds is 6. The maximum Gasteiger partial charge on any atom is 0.227 e. The molecule has 0 spiro atoms. The summed E-state index contributed by atoms with van der Waals surface area (Å²) in [4.78, 5) is 10.9. The quantitative estimate of drug-likeness (QED) is 0.785. The van der Waals surface area contributed by atoms with Crippen molar-refractivity contribution >= 4 is 27.5 Å². The minimum Gasteiger partial charge on any atom is -0.477 e. The predicted molar refractivity (Wildman–Crippen MR) is 73.5 cm³/mol. The van der Waals surface area contributed by atoms with Crippen LogP contribution in [-0.4, -0.2) is 34.8 Å². The number of anilines is 1. The lowest BCUT2D eigenvalue weighted by atomic mass is 10.3. The highest BCUT2D eigenvalue weighted by Crippen LogP contribution is 2.30. The molecule has 0 radical (unpaired) electrons. The molecule has 0 fully saturated rings. The Balaban J connectivity index is 2.33. The van der Waals surface area contributed by atoms with E-state index in [0.717, 1.165) is 16.8 Å². The van der Waals surface area contributed by atoms with E-state index in [4.69, 9.17) is 9.84 Å². The van der Waals surface area contributed by atoms with Gasteiger partial charge < -0.3 is 15.2 Å². The van der Waals surface area contributed by atoms with Gasteiger partial charge in [0.25, 0.3) is 0 Å². The maximum absolute atomic E-state index is 8.78. The van der Waals surface area contributed by atoms with Gasteiger partial charge in [-0.2, -0.15) is 4.98 Å². The number of aryl methyl sites for hydroxylation is 1. The largest absolute Gasteiger partial charge is 0.477 e. The molecule has 18 heavy (non-hydrogen) atoms. The molecule has 2 N–H and O–H groups in total. The molecule has 0 aromatic carbocycles. The van der Waals surface area contributed by atoms with Gasteiger partial charge in [0.05, 0.1) is 12.0 Å². The lowest BCUT2D eigenvalue weighted by Gasteiger charge is -2.07. The van der Waals surface area contributed by atoms with Crippen LogP contribution in [0, 0.1) is 6.92 Å². The topological polar surface area (TPSA) is 67.3 Å². The van der Waals surface area contributed by atoms with E-state index in [2.05, 4.69) is 15.3 Å². The van der Waals surface area contributed by atoms with Crippen LogP contribution in [0.4, 0.5) is 5.95 Å². The average Bonchev–Trinajstić information content (AvgIpc) is 2.70. The zero-order valence-electron chi connectivity index (χ0n) is 10.6. The van der Waals surface area contributed by atoms with E-state index in [9.17, 15) is 0 Å². The second-order valence-electron chi connectivity index (χ2n) is 3.88. The zero-order valence-corrected chi connectivity index (χ0v) is 11.4. The Morgan fingerprint density at radius 1 is 1.44 bits per heavy atom. The van der Waals surface area contributed by atoms with Gasteiger partial charge in [-0.15, -0.1) is 11.3 Å². The molecule has 6 heteroatoms. The van der Waals surface area contributed by atoms with Gasteiger partial charge in [0.2, 0.25) is 11.8 Å². The second kappa shape index (κ2) is 5.97. The van der Waals surface area contributed by atoms with Crippen LogP contribution in [0.5, 0.6) is 5.88 Å². The molecule has 2 aromatic heterocycles. The smallest absolute Gasteiger partial charge is 0.227 e.